The van der Waals surface area contributed by atoms with Crippen LogP contribution < -0.4 is 0 Å². The monoisotopic (exact) mass is 262 g/mol. The van der Waals surface area contributed by atoms with E-state index in [0.29, 0.717) is 0 Å². The van der Waals surface area contributed by atoms with Crippen molar-refractivity contribution in [2.24, 2.45) is 11.8 Å². The molecular formula is C18H35B. The maximum atomic E-state index is 2.61. The van der Waals surface area contributed by atoms with Gasteiger partial charge in [-0.1, -0.05) is 89.4 Å². The van der Waals surface area contributed by atoms with Crippen LogP contribution in [0.15, 0.2) is 11.6 Å². The van der Waals surface area contributed by atoms with E-state index in [1.165, 1.54) is 38.4 Å². The predicted octanol–water partition coefficient (Wildman–Crippen LogP) is 6.46. The summed E-state index contributed by atoms with van der Waals surface area (Å²) >= 11 is 0. The van der Waals surface area contributed by atoms with E-state index in [2.05, 4.69) is 47.6 Å². The van der Waals surface area contributed by atoms with Crippen molar-refractivity contribution in [2.75, 3.05) is 0 Å². The minimum Gasteiger partial charge on any atom is -0.0925 e. The molecule has 0 spiro atoms. The summed E-state index contributed by atoms with van der Waals surface area (Å²) in [5.74, 6) is 3.27. The van der Waals surface area contributed by atoms with Crippen LogP contribution in [0.1, 0.15) is 73.6 Å². The molecule has 2 atom stereocenters. The quantitative estimate of drug-likeness (QED) is 0.380. The van der Waals surface area contributed by atoms with Gasteiger partial charge in [-0.3, -0.25) is 0 Å². The van der Waals surface area contributed by atoms with Crippen molar-refractivity contribution in [1.29, 1.82) is 0 Å². The Labute approximate surface area is 122 Å². The number of rotatable bonds is 6. The normalized spacial score (nSPS) is 19.7. The Morgan fingerprint density at radius 2 is 1.32 bits per heavy atom. The first-order chi connectivity index (χ1) is 8.93. The molecule has 0 aromatic rings. The number of allylic oxidation sites excluding steroid dienone is 2. The summed E-state index contributed by atoms with van der Waals surface area (Å²) < 4.78 is 0. The molecule has 0 saturated heterocycles. The predicted molar refractivity (Wildman–Crippen MR) is 90.3 cm³/mol. The van der Waals surface area contributed by atoms with Crippen molar-refractivity contribution in [3.8, 4) is 0 Å². The largest absolute Gasteiger partial charge is 0.150 e. The lowest BCUT2D eigenvalue weighted by molar-refractivity contribution is 0.560. The average molecular weight is 262 g/mol. The molecule has 0 radical (unpaired) electrons. The zero-order valence-electron chi connectivity index (χ0n) is 14.2. The van der Waals surface area contributed by atoms with Crippen LogP contribution in [-0.2, 0) is 0 Å². The highest BCUT2D eigenvalue weighted by Crippen LogP contribution is 2.35. The molecule has 1 saturated carbocycles. The van der Waals surface area contributed by atoms with Crippen LogP contribution in [0.4, 0.5) is 0 Å². The minimum absolute atomic E-state index is 0.802. The molecule has 1 heteroatoms. The van der Waals surface area contributed by atoms with Crippen LogP contribution in [0.3, 0.4) is 0 Å². The molecule has 0 aromatic carbocycles. The van der Waals surface area contributed by atoms with Gasteiger partial charge in [-0.15, -0.1) is 0 Å². The Hall–Kier alpha value is -0.195. The first-order valence-corrected chi connectivity index (χ1v) is 8.61. The molecule has 0 bridgehead atoms. The van der Waals surface area contributed by atoms with Crippen LogP contribution in [0, 0.1) is 11.8 Å². The summed E-state index contributed by atoms with van der Waals surface area (Å²) in [5.41, 5.74) is 1.75. The van der Waals surface area contributed by atoms with Crippen molar-refractivity contribution in [3.63, 3.8) is 0 Å². The summed E-state index contributed by atoms with van der Waals surface area (Å²) in [5, 5.41) is 0. The zero-order chi connectivity index (χ0) is 14.4. The maximum absolute atomic E-state index is 2.61. The Morgan fingerprint density at radius 3 is 1.74 bits per heavy atom. The van der Waals surface area contributed by atoms with E-state index in [-0.39, 0.29) is 0 Å². The summed E-state index contributed by atoms with van der Waals surface area (Å²) in [6.07, 6.45) is 11.0. The fourth-order valence-corrected chi connectivity index (χ4v) is 3.41. The van der Waals surface area contributed by atoms with E-state index < -0.39 is 0 Å². The molecule has 0 nitrogen and oxygen atoms in total. The summed E-state index contributed by atoms with van der Waals surface area (Å²) in [4.78, 5) is 0. The number of hydrogen-bond acceptors (Lipinski definition) is 0. The second-order valence-corrected chi connectivity index (χ2v) is 7.53. The third kappa shape index (κ3) is 5.36. The van der Waals surface area contributed by atoms with Crippen LogP contribution in [0.25, 0.3) is 0 Å². The van der Waals surface area contributed by atoms with Crippen molar-refractivity contribution in [3.05, 3.63) is 11.6 Å². The lowest BCUT2D eigenvalue weighted by Gasteiger charge is -2.31. The molecule has 1 aliphatic carbocycles. The van der Waals surface area contributed by atoms with Gasteiger partial charge < -0.3 is 0 Å². The lowest BCUT2D eigenvalue weighted by Crippen LogP contribution is -2.29. The first-order valence-electron chi connectivity index (χ1n) is 8.61. The summed E-state index contributed by atoms with van der Waals surface area (Å²) in [6, 6.07) is 0. The SMILES string of the molecule is CC(C)C(C)B(CC=C1CCCCC1)C(C)C(C)C. The molecule has 0 heterocycles. The van der Waals surface area contributed by atoms with Crippen molar-refractivity contribution in [2.45, 2.75) is 91.6 Å². The van der Waals surface area contributed by atoms with Gasteiger partial charge in [0.2, 0.25) is 0 Å². The molecule has 0 amide bonds. The highest BCUT2D eigenvalue weighted by Gasteiger charge is 2.30. The standard InChI is InChI=1S/C18H35B/c1-14(2)16(5)19(17(6)15(3)4)13-12-18-10-8-7-9-11-18/h12,14-17H,7-11,13H2,1-6H3. The number of hydrogen-bond donors (Lipinski definition) is 0. The van der Waals surface area contributed by atoms with Crippen molar-refractivity contribution in [1.82, 2.24) is 0 Å². The smallest absolute Gasteiger partial charge is 0.0925 e. The van der Waals surface area contributed by atoms with Gasteiger partial charge in [0.1, 0.15) is 6.71 Å². The Kier molecular flexibility index (Phi) is 7.25. The third-order valence-electron chi connectivity index (χ3n) is 5.63. The molecule has 110 valence electrons. The van der Waals surface area contributed by atoms with Gasteiger partial charge in [0.15, 0.2) is 0 Å². The van der Waals surface area contributed by atoms with Crippen LogP contribution in [0.2, 0.25) is 18.0 Å². The van der Waals surface area contributed by atoms with E-state index >= 15 is 0 Å². The Balaban J connectivity index is 2.67. The molecule has 19 heavy (non-hydrogen) atoms. The highest BCUT2D eigenvalue weighted by molar-refractivity contribution is 6.62. The van der Waals surface area contributed by atoms with Gasteiger partial charge in [0, 0.05) is 0 Å². The van der Waals surface area contributed by atoms with Gasteiger partial charge in [-0.05, 0) is 25.7 Å². The van der Waals surface area contributed by atoms with Crippen LogP contribution in [0.5, 0.6) is 0 Å². The second kappa shape index (κ2) is 8.17. The van der Waals surface area contributed by atoms with E-state index in [1.54, 1.807) is 5.57 Å². The molecule has 1 aliphatic rings. The van der Waals surface area contributed by atoms with Gasteiger partial charge in [0.05, 0.1) is 0 Å². The van der Waals surface area contributed by atoms with E-state index in [0.717, 1.165) is 30.2 Å². The van der Waals surface area contributed by atoms with Crippen molar-refractivity contribution >= 4 is 6.71 Å². The first kappa shape index (κ1) is 16.9. The summed E-state index contributed by atoms with van der Waals surface area (Å²) in [6.45, 7) is 15.3. The Bertz CT molecular complexity index is 255. The third-order valence-corrected chi connectivity index (χ3v) is 5.63. The fraction of sp³-hybridized carbons (Fsp3) is 0.889. The van der Waals surface area contributed by atoms with Gasteiger partial charge in [0.25, 0.3) is 0 Å². The zero-order valence-corrected chi connectivity index (χ0v) is 14.2. The van der Waals surface area contributed by atoms with Crippen molar-refractivity contribution < 1.29 is 0 Å². The van der Waals surface area contributed by atoms with Gasteiger partial charge in [-0.2, -0.15) is 0 Å². The highest BCUT2D eigenvalue weighted by atomic mass is 14.1. The van der Waals surface area contributed by atoms with E-state index in [9.17, 15) is 0 Å². The van der Waals surface area contributed by atoms with Crippen LogP contribution in [-0.4, -0.2) is 6.71 Å². The Morgan fingerprint density at radius 1 is 0.842 bits per heavy atom. The van der Waals surface area contributed by atoms with Gasteiger partial charge >= 0.3 is 0 Å². The molecule has 1 fully saturated rings. The molecule has 1 rings (SSSR count). The molecule has 0 N–H and O–H groups in total. The molecule has 0 aromatic heterocycles. The summed E-state index contributed by atoms with van der Waals surface area (Å²) in [7, 11) is 0. The molecule has 2 unspecified atom stereocenters. The van der Waals surface area contributed by atoms with Gasteiger partial charge in [-0.25, -0.2) is 0 Å². The average Bonchev–Trinajstić information content (AvgIpc) is 2.39. The lowest BCUT2D eigenvalue weighted by atomic mass is 9.30. The minimum atomic E-state index is 0.802. The molecular weight excluding hydrogens is 227 g/mol. The maximum Gasteiger partial charge on any atom is 0.150 e. The van der Waals surface area contributed by atoms with Crippen LogP contribution >= 0.6 is 0 Å². The molecule has 0 aliphatic heterocycles. The fourth-order valence-electron chi connectivity index (χ4n) is 3.41. The second-order valence-electron chi connectivity index (χ2n) is 7.53. The van der Waals surface area contributed by atoms with E-state index in [1.807, 2.05) is 0 Å². The topological polar surface area (TPSA) is 0 Å². The van der Waals surface area contributed by atoms with E-state index in [4.69, 9.17) is 0 Å².